The molecule has 1 aliphatic rings. The number of aromatic nitrogens is 3. The fraction of sp³-hybridized carbons (Fsp3) is 0.0714. The van der Waals surface area contributed by atoms with E-state index in [1.807, 2.05) is 48.6 Å². The van der Waals surface area contributed by atoms with Crippen molar-refractivity contribution < 1.29 is 4.74 Å². The van der Waals surface area contributed by atoms with Crippen LogP contribution in [0.4, 0.5) is 0 Å². The number of aromatic amines is 1. The van der Waals surface area contributed by atoms with Gasteiger partial charge in [0, 0.05) is 16.7 Å². The van der Waals surface area contributed by atoms with Gasteiger partial charge in [0.05, 0.1) is 11.4 Å². The summed E-state index contributed by atoms with van der Waals surface area (Å²) < 4.78 is 6.78. The van der Waals surface area contributed by atoms with Crippen LogP contribution in [0.2, 0.25) is 0 Å². The number of fused-ring (bicyclic) bond motifs is 1. The second-order valence-electron chi connectivity index (χ2n) is 7.79. The molecule has 0 bridgehead atoms. The summed E-state index contributed by atoms with van der Waals surface area (Å²) in [7, 11) is 0. The number of ether oxygens (including phenoxy) is 1. The van der Waals surface area contributed by atoms with Crippen molar-refractivity contribution in [2.24, 2.45) is 0 Å². The maximum Gasteiger partial charge on any atom is 0.213 e. The summed E-state index contributed by atoms with van der Waals surface area (Å²) in [5.74, 6) is 0.618. The normalized spacial score (nSPS) is 12.6. The Hall–Kier alpha value is -3.70. The van der Waals surface area contributed by atoms with Gasteiger partial charge in [0.25, 0.3) is 0 Å². The maximum atomic E-state index is 5.76. The molecule has 0 atom stereocenters. The molecule has 4 nitrogen and oxygen atoms in total. The molecule has 162 valence electrons. The molecule has 1 aliphatic carbocycles. The molecule has 0 unspecified atom stereocenters. The molecular formula is C28H22BrN3O. The predicted molar refractivity (Wildman–Crippen MR) is 138 cm³/mol. The van der Waals surface area contributed by atoms with Gasteiger partial charge in [-0.25, -0.2) is 4.98 Å². The number of H-pyrrole nitrogens is 1. The molecule has 0 radical (unpaired) electrons. The molecule has 0 saturated heterocycles. The van der Waals surface area contributed by atoms with E-state index in [0.717, 1.165) is 33.4 Å². The summed E-state index contributed by atoms with van der Waals surface area (Å²) in [5, 5.41) is 7.49. The molecule has 0 fully saturated rings. The van der Waals surface area contributed by atoms with E-state index in [0.29, 0.717) is 12.5 Å². The molecule has 2 aromatic carbocycles. The van der Waals surface area contributed by atoms with E-state index >= 15 is 0 Å². The molecule has 0 amide bonds. The number of hydrogen-bond donors (Lipinski definition) is 1. The zero-order valence-corrected chi connectivity index (χ0v) is 19.5. The van der Waals surface area contributed by atoms with E-state index in [-0.39, 0.29) is 0 Å². The van der Waals surface area contributed by atoms with Gasteiger partial charge in [0.2, 0.25) is 5.88 Å². The first kappa shape index (κ1) is 21.2. The van der Waals surface area contributed by atoms with Crippen molar-refractivity contribution in [2.75, 3.05) is 0 Å². The van der Waals surface area contributed by atoms with Crippen LogP contribution < -0.4 is 4.74 Å². The molecule has 0 saturated carbocycles. The van der Waals surface area contributed by atoms with Gasteiger partial charge < -0.3 is 4.74 Å². The van der Waals surface area contributed by atoms with Crippen LogP contribution in [-0.2, 0) is 13.0 Å². The Morgan fingerprint density at radius 1 is 0.970 bits per heavy atom. The van der Waals surface area contributed by atoms with E-state index < -0.39 is 0 Å². The molecular weight excluding hydrogens is 474 g/mol. The predicted octanol–water partition coefficient (Wildman–Crippen LogP) is 7.06. The lowest BCUT2D eigenvalue weighted by Gasteiger charge is -2.07. The zero-order chi connectivity index (χ0) is 22.5. The minimum atomic E-state index is 0.461. The highest BCUT2D eigenvalue weighted by Crippen LogP contribution is 2.23. The van der Waals surface area contributed by atoms with E-state index in [1.54, 1.807) is 6.20 Å². The third-order valence-corrected chi connectivity index (χ3v) is 6.12. The van der Waals surface area contributed by atoms with Crippen molar-refractivity contribution in [3.05, 3.63) is 117 Å². The molecule has 2 heterocycles. The Balaban J connectivity index is 1.24. The van der Waals surface area contributed by atoms with Crippen LogP contribution in [0.5, 0.6) is 5.88 Å². The number of rotatable bonds is 7. The molecule has 33 heavy (non-hydrogen) atoms. The molecule has 0 aliphatic heterocycles. The molecule has 4 aromatic rings. The van der Waals surface area contributed by atoms with Gasteiger partial charge in [0.1, 0.15) is 6.61 Å². The molecule has 5 heteroatoms. The summed E-state index contributed by atoms with van der Waals surface area (Å²) in [6.07, 6.45) is 15.3. The minimum Gasteiger partial charge on any atom is -0.473 e. The number of allylic oxidation sites excluding steroid dienone is 1. The largest absolute Gasteiger partial charge is 0.473 e. The van der Waals surface area contributed by atoms with Crippen molar-refractivity contribution in [1.82, 2.24) is 15.2 Å². The fourth-order valence-corrected chi connectivity index (χ4v) is 4.05. The van der Waals surface area contributed by atoms with Crippen LogP contribution in [0.25, 0.3) is 30.4 Å². The van der Waals surface area contributed by atoms with E-state index in [1.165, 1.54) is 16.7 Å². The van der Waals surface area contributed by atoms with Crippen molar-refractivity contribution in [3.8, 4) is 5.88 Å². The SMILES string of the molecule is Brc1ccc(COc2ccccn2)cc1/C=C/c1cc(/C=C/c2ccc3c(c2)CC=C3)n[nH]1. The Morgan fingerprint density at radius 3 is 2.85 bits per heavy atom. The Morgan fingerprint density at radius 2 is 1.94 bits per heavy atom. The van der Waals surface area contributed by atoms with Crippen LogP contribution in [0, 0.1) is 0 Å². The Labute approximate surface area is 201 Å². The van der Waals surface area contributed by atoms with Crippen LogP contribution in [0.15, 0.2) is 77.4 Å². The van der Waals surface area contributed by atoms with Crippen LogP contribution >= 0.6 is 15.9 Å². The Kier molecular flexibility index (Phi) is 6.31. The molecule has 5 rings (SSSR count). The monoisotopic (exact) mass is 495 g/mol. The van der Waals surface area contributed by atoms with E-state index in [9.17, 15) is 0 Å². The second-order valence-corrected chi connectivity index (χ2v) is 8.65. The van der Waals surface area contributed by atoms with Gasteiger partial charge in [0.15, 0.2) is 0 Å². The van der Waals surface area contributed by atoms with Gasteiger partial charge in [-0.05, 0) is 70.7 Å². The summed E-state index contributed by atoms with van der Waals surface area (Å²) in [5.41, 5.74) is 7.85. The number of pyridine rings is 1. The topological polar surface area (TPSA) is 50.8 Å². The van der Waals surface area contributed by atoms with Crippen molar-refractivity contribution in [2.45, 2.75) is 13.0 Å². The summed E-state index contributed by atoms with van der Waals surface area (Å²) in [4.78, 5) is 4.20. The van der Waals surface area contributed by atoms with Crippen LogP contribution in [0.1, 0.15) is 39.2 Å². The highest BCUT2D eigenvalue weighted by atomic mass is 79.9. The van der Waals surface area contributed by atoms with Crippen molar-refractivity contribution >= 4 is 46.3 Å². The lowest BCUT2D eigenvalue weighted by molar-refractivity contribution is 0.294. The zero-order valence-electron chi connectivity index (χ0n) is 17.9. The first-order chi connectivity index (χ1) is 16.2. The number of benzene rings is 2. The van der Waals surface area contributed by atoms with Gasteiger partial charge in [-0.1, -0.05) is 70.6 Å². The lowest BCUT2D eigenvalue weighted by atomic mass is 10.1. The van der Waals surface area contributed by atoms with Gasteiger partial charge in [-0.2, -0.15) is 5.10 Å². The average molecular weight is 496 g/mol. The number of nitrogens with one attached hydrogen (secondary N) is 1. The second kappa shape index (κ2) is 9.84. The summed E-state index contributed by atoms with van der Waals surface area (Å²) in [6.45, 7) is 0.461. The standard InChI is InChI=1S/C28H22BrN3O/c29-27-14-9-21(19-33-28-6-1-2-15-30-28)17-24(27)11-13-26-18-25(31-32-26)12-8-20-7-10-22-4-3-5-23(22)16-20/h1-4,6-18H,5,19H2,(H,31,32)/b12-8+,13-11+. The lowest BCUT2D eigenvalue weighted by Crippen LogP contribution is -1.97. The van der Waals surface area contributed by atoms with Crippen LogP contribution in [0.3, 0.4) is 0 Å². The quantitative estimate of drug-likeness (QED) is 0.298. The summed E-state index contributed by atoms with van der Waals surface area (Å²) >= 11 is 3.63. The number of nitrogens with zero attached hydrogens (tertiary/aromatic N) is 2. The maximum absolute atomic E-state index is 5.76. The Bertz CT molecular complexity index is 1350. The van der Waals surface area contributed by atoms with Crippen molar-refractivity contribution in [1.29, 1.82) is 0 Å². The van der Waals surface area contributed by atoms with Gasteiger partial charge in [-0.3, -0.25) is 5.10 Å². The fourth-order valence-electron chi connectivity index (χ4n) is 3.67. The number of halogens is 1. The third kappa shape index (κ3) is 5.38. The summed E-state index contributed by atoms with van der Waals surface area (Å²) in [6, 6.07) is 20.4. The average Bonchev–Trinajstić information content (AvgIpc) is 3.51. The molecule has 2 aromatic heterocycles. The van der Waals surface area contributed by atoms with Gasteiger partial charge in [-0.15, -0.1) is 0 Å². The smallest absolute Gasteiger partial charge is 0.213 e. The minimum absolute atomic E-state index is 0.461. The van der Waals surface area contributed by atoms with E-state index in [4.69, 9.17) is 4.74 Å². The third-order valence-electron chi connectivity index (χ3n) is 5.39. The first-order valence-corrected chi connectivity index (χ1v) is 11.6. The number of hydrogen-bond acceptors (Lipinski definition) is 3. The highest BCUT2D eigenvalue weighted by Gasteiger charge is 2.05. The van der Waals surface area contributed by atoms with Crippen molar-refractivity contribution in [3.63, 3.8) is 0 Å². The highest BCUT2D eigenvalue weighted by molar-refractivity contribution is 9.10. The van der Waals surface area contributed by atoms with Gasteiger partial charge >= 0.3 is 0 Å². The van der Waals surface area contributed by atoms with Crippen LogP contribution in [-0.4, -0.2) is 15.2 Å². The first-order valence-electron chi connectivity index (χ1n) is 10.8. The van der Waals surface area contributed by atoms with E-state index in [2.05, 4.69) is 79.7 Å². The molecule has 0 spiro atoms. The molecule has 1 N–H and O–H groups in total.